The van der Waals surface area contributed by atoms with Gasteiger partial charge in [0.15, 0.2) is 0 Å². The zero-order valence-corrected chi connectivity index (χ0v) is 14.0. The van der Waals surface area contributed by atoms with Crippen LogP contribution in [0.4, 0.5) is 0 Å². The van der Waals surface area contributed by atoms with Crippen molar-refractivity contribution in [1.29, 1.82) is 0 Å². The molecule has 0 aliphatic rings. The van der Waals surface area contributed by atoms with Crippen molar-refractivity contribution >= 4 is 27.3 Å². The summed E-state index contributed by atoms with van der Waals surface area (Å²) < 4.78 is 0. The molecule has 2 aromatic rings. The predicted molar refractivity (Wildman–Crippen MR) is 92.4 cm³/mol. The van der Waals surface area contributed by atoms with Crippen LogP contribution in [0.1, 0.15) is 31.3 Å². The average Bonchev–Trinajstić information content (AvgIpc) is 2.91. The Morgan fingerprint density at radius 1 is 1.45 bits per heavy atom. The van der Waals surface area contributed by atoms with Gasteiger partial charge in [0.25, 0.3) is 5.70 Å². The molecule has 0 unspecified atom stereocenters. The molecule has 0 bridgehead atoms. The topological polar surface area (TPSA) is 68.9 Å². The first kappa shape index (κ1) is 17.7. The second-order valence-corrected chi connectivity index (χ2v) is 5.08. The summed E-state index contributed by atoms with van der Waals surface area (Å²) in [7, 11) is 0. The minimum absolute atomic E-state index is 0.0155. The van der Waals surface area contributed by atoms with Crippen molar-refractivity contribution in [3.8, 4) is 0 Å². The maximum absolute atomic E-state index is 11.1. The van der Waals surface area contributed by atoms with Crippen molar-refractivity contribution in [3.05, 3.63) is 63.5 Å². The number of pyridine rings is 1. The Kier molecular flexibility index (Phi) is 6.59. The molecule has 0 aliphatic carbocycles. The van der Waals surface area contributed by atoms with E-state index in [1.165, 1.54) is 23.5 Å². The summed E-state index contributed by atoms with van der Waals surface area (Å²) >= 11 is 1.34. The Morgan fingerprint density at radius 2 is 2.14 bits per heavy atom. The third-order valence-corrected chi connectivity index (χ3v) is 3.66. The zero-order valence-electron chi connectivity index (χ0n) is 13.2. The smallest absolute Gasteiger partial charge is 0.258 e. The number of aryl methyl sites for hydroxylation is 1. The SMILES string of the molecule is C=C/C=C(\C(=C/C)c1nc2cc(C)cnc2s1)[N+](=O)[O-].CC. The van der Waals surface area contributed by atoms with Crippen LogP contribution in [0.15, 0.2) is 42.8 Å². The molecule has 2 rings (SSSR count). The van der Waals surface area contributed by atoms with Crippen molar-refractivity contribution in [2.75, 3.05) is 0 Å². The van der Waals surface area contributed by atoms with Crippen molar-refractivity contribution in [2.24, 2.45) is 0 Å². The van der Waals surface area contributed by atoms with E-state index < -0.39 is 4.92 Å². The zero-order chi connectivity index (χ0) is 16.7. The van der Waals surface area contributed by atoms with Crippen LogP contribution in [-0.2, 0) is 0 Å². The highest BCUT2D eigenvalue weighted by molar-refractivity contribution is 7.19. The fraction of sp³-hybridized carbons (Fsp3) is 0.250. The van der Waals surface area contributed by atoms with Crippen LogP contribution >= 0.6 is 11.3 Å². The van der Waals surface area contributed by atoms with Gasteiger partial charge in [-0.25, -0.2) is 9.97 Å². The molecule has 5 nitrogen and oxygen atoms in total. The number of hydrogen-bond donors (Lipinski definition) is 0. The van der Waals surface area contributed by atoms with Gasteiger partial charge < -0.3 is 0 Å². The number of allylic oxidation sites excluding steroid dienone is 4. The third-order valence-electron chi connectivity index (χ3n) is 2.65. The standard InChI is InChI=1S/C14H13N3O2S.C2H6/c1-4-6-12(17(18)19)10(5-2)13-16-11-7-9(3)8-15-14(11)20-13;1-2/h4-8H,1H2,2-3H3;1-2H3/b10-5+,12-6+;. The summed E-state index contributed by atoms with van der Waals surface area (Å²) in [6.07, 6.45) is 6.22. The molecule has 0 spiro atoms. The first-order valence-corrected chi connectivity index (χ1v) is 7.75. The fourth-order valence-corrected chi connectivity index (χ4v) is 2.75. The summed E-state index contributed by atoms with van der Waals surface area (Å²) in [5.41, 5.74) is 2.23. The highest BCUT2D eigenvalue weighted by Gasteiger charge is 2.21. The minimum atomic E-state index is -0.429. The Morgan fingerprint density at radius 3 is 2.68 bits per heavy atom. The quantitative estimate of drug-likeness (QED) is 0.462. The lowest BCUT2D eigenvalue weighted by molar-refractivity contribution is -0.416. The van der Waals surface area contributed by atoms with Gasteiger partial charge >= 0.3 is 0 Å². The fourth-order valence-electron chi connectivity index (χ4n) is 1.78. The van der Waals surface area contributed by atoms with Gasteiger partial charge in [0.05, 0.1) is 10.5 Å². The first-order valence-electron chi connectivity index (χ1n) is 6.94. The number of nitro groups is 1. The molecule has 0 aliphatic heterocycles. The van der Waals surface area contributed by atoms with Crippen LogP contribution in [0.5, 0.6) is 0 Å². The van der Waals surface area contributed by atoms with Crippen LogP contribution in [0, 0.1) is 17.0 Å². The largest absolute Gasteiger partial charge is 0.279 e. The summed E-state index contributed by atoms with van der Waals surface area (Å²) in [6, 6.07) is 1.92. The molecule has 2 heterocycles. The monoisotopic (exact) mass is 317 g/mol. The Labute approximate surface area is 133 Å². The lowest BCUT2D eigenvalue weighted by atomic mass is 10.2. The summed E-state index contributed by atoms with van der Waals surface area (Å²) in [4.78, 5) is 20.2. The number of nitrogens with zero attached hydrogens (tertiary/aromatic N) is 3. The molecular formula is C16H19N3O2S. The average molecular weight is 317 g/mol. The molecule has 0 radical (unpaired) electrons. The van der Waals surface area contributed by atoms with E-state index in [9.17, 15) is 10.1 Å². The van der Waals surface area contributed by atoms with Gasteiger partial charge in [-0.1, -0.05) is 43.9 Å². The van der Waals surface area contributed by atoms with Crippen molar-refractivity contribution in [2.45, 2.75) is 27.7 Å². The Bertz CT molecular complexity index is 745. The van der Waals surface area contributed by atoms with Crippen LogP contribution in [0.2, 0.25) is 0 Å². The first-order chi connectivity index (χ1) is 10.6. The maximum Gasteiger partial charge on any atom is 0.279 e. The normalized spacial score (nSPS) is 11.8. The van der Waals surface area contributed by atoms with E-state index in [4.69, 9.17) is 0 Å². The van der Waals surface area contributed by atoms with Crippen molar-refractivity contribution in [3.63, 3.8) is 0 Å². The number of rotatable bonds is 4. The number of fused-ring (bicyclic) bond motifs is 1. The van der Waals surface area contributed by atoms with Crippen LogP contribution in [0.3, 0.4) is 0 Å². The van der Waals surface area contributed by atoms with E-state index in [2.05, 4.69) is 16.5 Å². The lowest BCUT2D eigenvalue weighted by Crippen LogP contribution is -2.01. The number of thiazole rings is 1. The highest BCUT2D eigenvalue weighted by atomic mass is 32.1. The van der Waals surface area contributed by atoms with E-state index in [0.29, 0.717) is 10.6 Å². The van der Waals surface area contributed by atoms with E-state index >= 15 is 0 Å². The molecule has 116 valence electrons. The van der Waals surface area contributed by atoms with Crippen LogP contribution in [-0.4, -0.2) is 14.9 Å². The molecular weight excluding hydrogens is 298 g/mol. The van der Waals surface area contributed by atoms with Gasteiger partial charge in [-0.3, -0.25) is 10.1 Å². The molecule has 2 aromatic heterocycles. The molecule has 22 heavy (non-hydrogen) atoms. The maximum atomic E-state index is 11.1. The van der Waals surface area contributed by atoms with E-state index in [-0.39, 0.29) is 5.70 Å². The van der Waals surface area contributed by atoms with Gasteiger partial charge in [0.1, 0.15) is 15.4 Å². The molecule has 0 saturated heterocycles. The summed E-state index contributed by atoms with van der Waals surface area (Å²) in [6.45, 7) is 11.2. The number of aromatic nitrogens is 2. The minimum Gasteiger partial charge on any atom is -0.258 e. The molecule has 0 amide bonds. The van der Waals surface area contributed by atoms with Gasteiger partial charge in [-0.05, 0) is 25.5 Å². The molecule has 0 N–H and O–H groups in total. The van der Waals surface area contributed by atoms with E-state index in [1.807, 2.05) is 26.8 Å². The van der Waals surface area contributed by atoms with Gasteiger partial charge in [0, 0.05) is 12.3 Å². The van der Waals surface area contributed by atoms with Gasteiger partial charge in [0.2, 0.25) is 0 Å². The lowest BCUT2D eigenvalue weighted by Gasteiger charge is -1.99. The predicted octanol–water partition coefficient (Wildman–Crippen LogP) is 4.78. The molecule has 0 fully saturated rings. The van der Waals surface area contributed by atoms with Crippen molar-refractivity contribution in [1.82, 2.24) is 9.97 Å². The second-order valence-electron chi connectivity index (χ2n) is 4.10. The van der Waals surface area contributed by atoms with Crippen LogP contribution < -0.4 is 0 Å². The Balaban J connectivity index is 0.00000116. The Hall–Kier alpha value is -2.34. The molecule has 6 heteroatoms. The summed E-state index contributed by atoms with van der Waals surface area (Å²) in [5, 5.41) is 11.7. The molecule has 0 atom stereocenters. The van der Waals surface area contributed by atoms with Crippen molar-refractivity contribution < 1.29 is 4.92 Å². The van der Waals surface area contributed by atoms with E-state index in [0.717, 1.165) is 15.9 Å². The molecule has 0 saturated carbocycles. The molecule has 0 aromatic carbocycles. The highest BCUT2D eigenvalue weighted by Crippen LogP contribution is 2.30. The van der Waals surface area contributed by atoms with Crippen LogP contribution in [0.25, 0.3) is 15.9 Å². The van der Waals surface area contributed by atoms with Gasteiger partial charge in [-0.2, -0.15) is 0 Å². The summed E-state index contributed by atoms with van der Waals surface area (Å²) in [5.74, 6) is 0. The third kappa shape index (κ3) is 3.85. The van der Waals surface area contributed by atoms with E-state index in [1.54, 1.807) is 19.2 Å². The second kappa shape index (κ2) is 8.19. The number of hydrogen-bond acceptors (Lipinski definition) is 5. The van der Waals surface area contributed by atoms with Gasteiger partial charge in [-0.15, -0.1) is 0 Å².